The van der Waals surface area contributed by atoms with Crippen molar-refractivity contribution < 1.29 is 14.3 Å². The monoisotopic (exact) mass is 318 g/mol. The summed E-state index contributed by atoms with van der Waals surface area (Å²) in [5.74, 6) is 0.0463. The van der Waals surface area contributed by atoms with Crippen molar-refractivity contribution >= 4 is 23.2 Å². The van der Waals surface area contributed by atoms with Crippen molar-refractivity contribution in [1.29, 1.82) is 0 Å². The molecule has 2 amide bonds. The van der Waals surface area contributed by atoms with Gasteiger partial charge in [-0.2, -0.15) is 0 Å². The Morgan fingerprint density at radius 3 is 2.50 bits per heavy atom. The molecule has 0 radical (unpaired) electrons. The van der Waals surface area contributed by atoms with Gasteiger partial charge in [-0.15, -0.1) is 11.3 Å². The first kappa shape index (κ1) is 16.0. The van der Waals surface area contributed by atoms with Gasteiger partial charge < -0.3 is 15.0 Å². The van der Waals surface area contributed by atoms with E-state index in [4.69, 9.17) is 4.74 Å². The van der Waals surface area contributed by atoms with Gasteiger partial charge in [0.25, 0.3) is 5.91 Å². The number of carbonyl (C=O) groups is 2. The molecule has 2 aromatic rings. The van der Waals surface area contributed by atoms with Crippen molar-refractivity contribution in [3.05, 3.63) is 41.3 Å². The number of nitrogens with zero attached hydrogens (tertiary/aromatic N) is 1. The third kappa shape index (κ3) is 3.65. The average Bonchev–Trinajstić information content (AvgIpc) is 2.97. The Labute approximate surface area is 133 Å². The first-order valence-corrected chi connectivity index (χ1v) is 7.56. The van der Waals surface area contributed by atoms with Crippen LogP contribution in [0.25, 0.3) is 10.4 Å². The first-order valence-electron chi connectivity index (χ1n) is 6.74. The average molecular weight is 318 g/mol. The third-order valence-electron chi connectivity index (χ3n) is 3.08. The van der Waals surface area contributed by atoms with Gasteiger partial charge in [0, 0.05) is 19.0 Å². The van der Waals surface area contributed by atoms with Gasteiger partial charge >= 0.3 is 0 Å². The number of amides is 2. The highest BCUT2D eigenvalue weighted by atomic mass is 32.1. The van der Waals surface area contributed by atoms with Crippen molar-refractivity contribution in [2.75, 3.05) is 27.7 Å². The maximum Gasteiger partial charge on any atom is 0.265 e. The molecular formula is C16H18N2O3S. The lowest BCUT2D eigenvalue weighted by Gasteiger charge is -2.10. The number of ether oxygens (including phenoxy) is 1. The van der Waals surface area contributed by atoms with Crippen LogP contribution in [-0.4, -0.2) is 44.5 Å². The first-order chi connectivity index (χ1) is 10.5. The maximum absolute atomic E-state index is 12.2. The van der Waals surface area contributed by atoms with Crippen LogP contribution in [0.3, 0.4) is 0 Å². The summed E-state index contributed by atoms with van der Waals surface area (Å²) >= 11 is 1.34. The number of thiophene rings is 1. The van der Waals surface area contributed by atoms with Gasteiger partial charge in [0.1, 0.15) is 10.6 Å². The van der Waals surface area contributed by atoms with Gasteiger partial charge in [0.2, 0.25) is 5.91 Å². The summed E-state index contributed by atoms with van der Waals surface area (Å²) in [7, 11) is 4.82. The Balaban J connectivity index is 2.18. The quantitative estimate of drug-likeness (QED) is 0.920. The minimum absolute atomic E-state index is 0.0342. The van der Waals surface area contributed by atoms with Crippen LogP contribution in [0.1, 0.15) is 9.67 Å². The van der Waals surface area contributed by atoms with E-state index in [1.165, 1.54) is 23.3 Å². The molecule has 1 heterocycles. The molecule has 2 rings (SSSR count). The van der Waals surface area contributed by atoms with E-state index in [2.05, 4.69) is 5.32 Å². The number of hydrogen-bond acceptors (Lipinski definition) is 4. The van der Waals surface area contributed by atoms with Gasteiger partial charge in [-0.05, 0) is 11.6 Å². The van der Waals surface area contributed by atoms with Crippen molar-refractivity contribution in [3.63, 3.8) is 0 Å². The molecule has 1 aromatic heterocycles. The van der Waals surface area contributed by atoms with E-state index in [0.29, 0.717) is 10.6 Å². The summed E-state index contributed by atoms with van der Waals surface area (Å²) < 4.78 is 5.28. The van der Waals surface area contributed by atoms with E-state index in [0.717, 1.165) is 10.4 Å². The fourth-order valence-corrected chi connectivity index (χ4v) is 2.87. The molecular weight excluding hydrogens is 300 g/mol. The van der Waals surface area contributed by atoms with Crippen LogP contribution in [-0.2, 0) is 4.79 Å². The Morgan fingerprint density at radius 1 is 1.23 bits per heavy atom. The normalized spacial score (nSPS) is 10.1. The molecule has 0 aliphatic carbocycles. The zero-order valence-corrected chi connectivity index (χ0v) is 13.6. The van der Waals surface area contributed by atoms with Crippen molar-refractivity contribution in [2.24, 2.45) is 0 Å². The highest BCUT2D eigenvalue weighted by Gasteiger charge is 2.18. The molecule has 0 aliphatic rings. The largest absolute Gasteiger partial charge is 0.495 e. The predicted molar refractivity (Wildman–Crippen MR) is 87.3 cm³/mol. The number of rotatable bonds is 5. The summed E-state index contributed by atoms with van der Waals surface area (Å²) in [5, 5.41) is 2.62. The number of likely N-dealkylation sites (N-methyl/N-ethyl adjacent to an activating group) is 1. The van der Waals surface area contributed by atoms with Gasteiger partial charge in [0.15, 0.2) is 0 Å². The second kappa shape index (κ2) is 7.09. The molecule has 1 aromatic carbocycles. The van der Waals surface area contributed by atoms with Gasteiger partial charge in [-0.3, -0.25) is 9.59 Å². The molecule has 116 valence electrons. The topological polar surface area (TPSA) is 58.6 Å². The zero-order chi connectivity index (χ0) is 16.1. The van der Waals surface area contributed by atoms with Crippen LogP contribution in [0.2, 0.25) is 0 Å². The molecule has 6 heteroatoms. The van der Waals surface area contributed by atoms with Crippen LogP contribution in [0.5, 0.6) is 5.75 Å². The molecule has 0 bridgehead atoms. The van der Waals surface area contributed by atoms with Crippen molar-refractivity contribution in [3.8, 4) is 16.2 Å². The molecule has 1 N–H and O–H groups in total. The number of nitrogens with one attached hydrogen (secondary N) is 1. The lowest BCUT2D eigenvalue weighted by molar-refractivity contribution is -0.127. The molecule has 5 nitrogen and oxygen atoms in total. The standard InChI is InChI=1S/C16H18N2O3S/c1-18(2)14(19)10-17-16(20)15-12(21-3)9-13(22-15)11-7-5-4-6-8-11/h4-9H,10H2,1-3H3,(H,17,20). The van der Waals surface area contributed by atoms with Gasteiger partial charge in [-0.1, -0.05) is 30.3 Å². The number of benzene rings is 1. The van der Waals surface area contributed by atoms with Gasteiger partial charge in [0.05, 0.1) is 13.7 Å². The van der Waals surface area contributed by atoms with E-state index in [9.17, 15) is 9.59 Å². The van der Waals surface area contributed by atoms with Crippen LogP contribution >= 0.6 is 11.3 Å². The Bertz CT molecular complexity index is 665. The fraction of sp³-hybridized carbons (Fsp3) is 0.250. The molecule has 0 spiro atoms. The predicted octanol–water partition coefficient (Wildman–Crippen LogP) is 2.24. The third-order valence-corrected chi connectivity index (χ3v) is 4.25. The Morgan fingerprint density at radius 2 is 1.91 bits per heavy atom. The molecule has 0 aliphatic heterocycles. The number of carbonyl (C=O) groups excluding carboxylic acids is 2. The highest BCUT2D eigenvalue weighted by Crippen LogP contribution is 2.35. The molecule has 0 saturated carbocycles. The van der Waals surface area contributed by atoms with E-state index in [-0.39, 0.29) is 18.4 Å². The molecule has 0 fully saturated rings. The van der Waals surface area contributed by atoms with E-state index in [1.54, 1.807) is 14.1 Å². The smallest absolute Gasteiger partial charge is 0.265 e. The molecule has 0 unspecified atom stereocenters. The van der Waals surface area contributed by atoms with E-state index >= 15 is 0 Å². The van der Waals surface area contributed by atoms with Crippen LogP contribution in [0, 0.1) is 0 Å². The van der Waals surface area contributed by atoms with Crippen LogP contribution < -0.4 is 10.1 Å². The van der Waals surface area contributed by atoms with Crippen molar-refractivity contribution in [1.82, 2.24) is 10.2 Å². The summed E-state index contributed by atoms with van der Waals surface area (Å²) in [6.07, 6.45) is 0. The Kier molecular flexibility index (Phi) is 5.16. The zero-order valence-electron chi connectivity index (χ0n) is 12.8. The van der Waals surface area contributed by atoms with E-state index in [1.807, 2.05) is 36.4 Å². The van der Waals surface area contributed by atoms with E-state index < -0.39 is 0 Å². The lowest BCUT2D eigenvalue weighted by atomic mass is 10.2. The number of methoxy groups -OCH3 is 1. The second-order valence-electron chi connectivity index (χ2n) is 4.85. The highest BCUT2D eigenvalue weighted by molar-refractivity contribution is 7.17. The minimum atomic E-state index is -0.306. The summed E-state index contributed by atoms with van der Waals surface area (Å²) in [6, 6.07) is 11.6. The SMILES string of the molecule is COc1cc(-c2ccccc2)sc1C(=O)NCC(=O)N(C)C. The van der Waals surface area contributed by atoms with Crippen LogP contribution in [0.15, 0.2) is 36.4 Å². The van der Waals surface area contributed by atoms with Gasteiger partial charge in [-0.25, -0.2) is 0 Å². The summed E-state index contributed by atoms with van der Waals surface area (Å²) in [6.45, 7) is -0.0342. The lowest BCUT2D eigenvalue weighted by Crippen LogP contribution is -2.36. The van der Waals surface area contributed by atoms with Crippen molar-refractivity contribution in [2.45, 2.75) is 0 Å². The summed E-state index contributed by atoms with van der Waals surface area (Å²) in [4.78, 5) is 26.6. The molecule has 0 saturated heterocycles. The minimum Gasteiger partial charge on any atom is -0.495 e. The molecule has 22 heavy (non-hydrogen) atoms. The molecule has 0 atom stereocenters. The number of hydrogen-bond donors (Lipinski definition) is 1. The second-order valence-corrected chi connectivity index (χ2v) is 5.90. The summed E-state index contributed by atoms with van der Waals surface area (Å²) in [5.41, 5.74) is 1.02. The fourth-order valence-electron chi connectivity index (χ4n) is 1.82. The van der Waals surface area contributed by atoms with Crippen LogP contribution in [0.4, 0.5) is 0 Å². The Hall–Kier alpha value is -2.34. The maximum atomic E-state index is 12.2.